The molecule has 1 aromatic carbocycles. The fourth-order valence-electron chi connectivity index (χ4n) is 2.68. The largest absolute Gasteiger partial charge is 0.419 e. The van der Waals surface area contributed by atoms with Gasteiger partial charge in [0.2, 0.25) is 5.95 Å². The number of nitrogens with zero attached hydrogens (tertiary/aromatic N) is 4. The number of aliphatic hydroxyl groups is 1. The van der Waals surface area contributed by atoms with Gasteiger partial charge in [0.1, 0.15) is 22.4 Å². The molecule has 2 heterocycles. The third kappa shape index (κ3) is 5.62. The summed E-state index contributed by atoms with van der Waals surface area (Å²) in [6.45, 7) is 3.11. The maximum absolute atomic E-state index is 14.2. The molecule has 3 aromatic rings. The summed E-state index contributed by atoms with van der Waals surface area (Å²) < 4.78 is 67.2. The normalized spacial score (nSPS) is 13.3. The molecule has 0 aliphatic rings. The van der Waals surface area contributed by atoms with Gasteiger partial charge in [-0.2, -0.15) is 18.3 Å². The summed E-state index contributed by atoms with van der Waals surface area (Å²) in [5.74, 6) is -1.13. The van der Waals surface area contributed by atoms with E-state index in [0.29, 0.717) is 6.20 Å². The van der Waals surface area contributed by atoms with E-state index in [1.54, 1.807) is 0 Å². The summed E-state index contributed by atoms with van der Waals surface area (Å²) in [4.78, 5) is 7.57. The predicted octanol–water partition coefficient (Wildman–Crippen LogP) is 2.99. The molecule has 1 unspecified atom stereocenters. The Hall–Kier alpha value is -2.90. The van der Waals surface area contributed by atoms with Gasteiger partial charge in [-0.3, -0.25) is 4.68 Å². The minimum absolute atomic E-state index is 0.0382. The van der Waals surface area contributed by atoms with Crippen LogP contribution in [0.15, 0.2) is 41.7 Å². The standard InChI is InChI=1S/C18H18F4N6O2S/c1-17(2,29)9-28-8-10(6-25-28)15-12(18(20,21)22)7-24-16(27-15)26-14-4-3-11(31(23)30)5-13(14)19/h3-8,29H,9,23H2,1-2H3,(H,24,26,27). The number of nitrogens with two attached hydrogens (primary N) is 1. The molecular formula is C18H18F4N6O2S. The van der Waals surface area contributed by atoms with Gasteiger partial charge < -0.3 is 10.4 Å². The maximum Gasteiger partial charge on any atom is 0.419 e. The second-order valence-corrected chi connectivity index (χ2v) is 8.32. The molecule has 0 saturated carbocycles. The van der Waals surface area contributed by atoms with Gasteiger partial charge >= 0.3 is 6.18 Å². The summed E-state index contributed by atoms with van der Waals surface area (Å²) in [6, 6.07) is 3.45. The Morgan fingerprint density at radius 1 is 1.26 bits per heavy atom. The minimum atomic E-state index is -4.75. The molecular weight excluding hydrogens is 440 g/mol. The van der Waals surface area contributed by atoms with Crippen molar-refractivity contribution >= 4 is 22.6 Å². The number of hydrogen-bond donors (Lipinski definition) is 3. The van der Waals surface area contributed by atoms with E-state index in [1.165, 1.54) is 43.1 Å². The highest BCUT2D eigenvalue weighted by atomic mass is 32.2. The van der Waals surface area contributed by atoms with Crippen molar-refractivity contribution in [3.63, 3.8) is 0 Å². The van der Waals surface area contributed by atoms with Crippen molar-refractivity contribution in [2.45, 2.75) is 37.1 Å². The number of alkyl halides is 3. The van der Waals surface area contributed by atoms with E-state index < -0.39 is 39.8 Å². The summed E-state index contributed by atoms with van der Waals surface area (Å²) in [6.07, 6.45) is -1.67. The smallest absolute Gasteiger partial charge is 0.389 e. The minimum Gasteiger partial charge on any atom is -0.389 e. The second kappa shape index (κ2) is 8.32. The predicted molar refractivity (Wildman–Crippen MR) is 105 cm³/mol. The van der Waals surface area contributed by atoms with Gasteiger partial charge in [-0.1, -0.05) is 0 Å². The molecule has 0 aliphatic heterocycles. The summed E-state index contributed by atoms with van der Waals surface area (Å²) >= 11 is 0. The van der Waals surface area contributed by atoms with Crippen LogP contribution in [0, 0.1) is 5.82 Å². The highest BCUT2D eigenvalue weighted by Gasteiger charge is 2.36. The zero-order chi connectivity index (χ0) is 23.0. The molecule has 3 rings (SSSR count). The SMILES string of the molecule is CC(C)(O)Cn1cc(-c2nc(Nc3ccc(S(N)=O)cc3F)ncc2C(F)(F)F)cn1. The Kier molecular flexibility index (Phi) is 6.11. The number of aromatic nitrogens is 4. The molecule has 8 nitrogen and oxygen atoms in total. The van der Waals surface area contributed by atoms with Gasteiger partial charge in [0.15, 0.2) is 0 Å². The van der Waals surface area contributed by atoms with Crippen molar-refractivity contribution in [1.29, 1.82) is 0 Å². The van der Waals surface area contributed by atoms with E-state index in [9.17, 15) is 26.9 Å². The lowest BCUT2D eigenvalue weighted by Gasteiger charge is -2.16. The van der Waals surface area contributed by atoms with E-state index in [0.717, 1.165) is 6.07 Å². The molecule has 2 aromatic heterocycles. The van der Waals surface area contributed by atoms with Crippen LogP contribution in [0.5, 0.6) is 0 Å². The molecule has 0 fully saturated rings. The lowest BCUT2D eigenvalue weighted by molar-refractivity contribution is -0.137. The molecule has 0 aliphatic carbocycles. The van der Waals surface area contributed by atoms with Gasteiger partial charge in [-0.05, 0) is 32.0 Å². The third-order valence-corrected chi connectivity index (χ3v) is 4.69. The molecule has 0 amide bonds. The first-order valence-corrected chi connectivity index (χ1v) is 9.97. The Balaban J connectivity index is 1.99. The van der Waals surface area contributed by atoms with Crippen LogP contribution >= 0.6 is 0 Å². The maximum atomic E-state index is 14.2. The van der Waals surface area contributed by atoms with E-state index >= 15 is 0 Å². The zero-order valence-electron chi connectivity index (χ0n) is 16.3. The quantitative estimate of drug-likeness (QED) is 0.489. The van der Waals surface area contributed by atoms with Crippen LogP contribution in [-0.4, -0.2) is 34.7 Å². The molecule has 166 valence electrons. The van der Waals surface area contributed by atoms with Crippen LogP contribution in [0.25, 0.3) is 11.3 Å². The molecule has 0 saturated heterocycles. The number of nitrogens with one attached hydrogen (secondary N) is 1. The van der Waals surface area contributed by atoms with Gasteiger partial charge in [0, 0.05) is 18.0 Å². The van der Waals surface area contributed by atoms with Crippen molar-refractivity contribution in [1.82, 2.24) is 19.7 Å². The number of halogens is 4. The molecule has 0 spiro atoms. The van der Waals surface area contributed by atoms with Gasteiger partial charge in [-0.15, -0.1) is 0 Å². The number of rotatable bonds is 6. The fourth-order valence-corrected chi connectivity index (χ4v) is 3.10. The van der Waals surface area contributed by atoms with Crippen molar-refractivity contribution in [2.24, 2.45) is 5.14 Å². The average Bonchev–Trinajstić information content (AvgIpc) is 3.08. The monoisotopic (exact) mass is 458 g/mol. The van der Waals surface area contributed by atoms with Crippen LogP contribution in [0.3, 0.4) is 0 Å². The first-order chi connectivity index (χ1) is 14.3. The number of benzene rings is 1. The van der Waals surface area contributed by atoms with Crippen LogP contribution in [0.2, 0.25) is 0 Å². The highest BCUT2D eigenvalue weighted by Crippen LogP contribution is 2.36. The van der Waals surface area contributed by atoms with Crippen molar-refractivity contribution in [2.75, 3.05) is 5.32 Å². The molecule has 0 bridgehead atoms. The zero-order valence-corrected chi connectivity index (χ0v) is 17.1. The van der Waals surface area contributed by atoms with Gasteiger partial charge in [0.25, 0.3) is 0 Å². The first kappa shape index (κ1) is 22.8. The van der Waals surface area contributed by atoms with E-state index in [1.807, 2.05) is 0 Å². The molecule has 31 heavy (non-hydrogen) atoms. The van der Waals surface area contributed by atoms with Crippen molar-refractivity contribution in [3.05, 3.63) is 48.2 Å². The Morgan fingerprint density at radius 2 is 1.97 bits per heavy atom. The second-order valence-electron chi connectivity index (χ2n) is 7.26. The number of anilines is 2. The first-order valence-electron chi connectivity index (χ1n) is 8.76. The highest BCUT2D eigenvalue weighted by molar-refractivity contribution is 7.82. The van der Waals surface area contributed by atoms with Gasteiger partial charge in [-0.25, -0.2) is 23.7 Å². The average molecular weight is 458 g/mol. The Labute approximate surface area is 176 Å². The van der Waals surface area contributed by atoms with E-state index in [2.05, 4.69) is 20.4 Å². The molecule has 13 heteroatoms. The molecule has 4 N–H and O–H groups in total. The van der Waals surface area contributed by atoms with Crippen LogP contribution in [-0.2, 0) is 23.7 Å². The lowest BCUT2D eigenvalue weighted by atomic mass is 10.1. The molecule has 1 atom stereocenters. The molecule has 0 radical (unpaired) electrons. The summed E-state index contributed by atoms with van der Waals surface area (Å²) in [7, 11) is -1.89. The summed E-state index contributed by atoms with van der Waals surface area (Å²) in [5, 5.41) is 21.5. The van der Waals surface area contributed by atoms with Crippen LogP contribution < -0.4 is 10.5 Å². The fraction of sp³-hybridized carbons (Fsp3) is 0.278. The number of hydrogen-bond acceptors (Lipinski definition) is 6. The third-order valence-electron chi connectivity index (χ3n) is 3.97. The Morgan fingerprint density at radius 3 is 2.55 bits per heavy atom. The van der Waals surface area contributed by atoms with E-state index in [-0.39, 0.29) is 28.6 Å². The van der Waals surface area contributed by atoms with Crippen LogP contribution in [0.1, 0.15) is 19.4 Å². The van der Waals surface area contributed by atoms with Crippen molar-refractivity contribution < 1.29 is 26.9 Å². The van der Waals surface area contributed by atoms with Gasteiger partial charge in [0.05, 0.1) is 34.6 Å². The Bertz CT molecular complexity index is 1130. The van der Waals surface area contributed by atoms with E-state index in [4.69, 9.17) is 5.14 Å². The topological polar surface area (TPSA) is 119 Å². The van der Waals surface area contributed by atoms with Crippen molar-refractivity contribution in [3.8, 4) is 11.3 Å². The lowest BCUT2D eigenvalue weighted by Crippen LogP contribution is -2.26. The van der Waals surface area contributed by atoms with Crippen LogP contribution in [0.4, 0.5) is 29.2 Å². The summed E-state index contributed by atoms with van der Waals surface area (Å²) in [5.41, 5.74) is -2.80.